The Morgan fingerprint density at radius 2 is 1.92 bits per heavy atom. The van der Waals surface area contributed by atoms with E-state index < -0.39 is 27.4 Å². The number of aromatic nitrogens is 2. The van der Waals surface area contributed by atoms with Gasteiger partial charge in [0.25, 0.3) is 0 Å². The maximum atomic E-state index is 12.9. The number of sulfonamides is 1. The monoisotopic (exact) mass is 370 g/mol. The Bertz CT molecular complexity index is 803. The summed E-state index contributed by atoms with van der Waals surface area (Å²) in [4.78, 5) is 25.3. The zero-order valence-corrected chi connectivity index (χ0v) is 15.3. The fourth-order valence-electron chi connectivity index (χ4n) is 4.15. The van der Waals surface area contributed by atoms with Crippen LogP contribution in [0.2, 0.25) is 0 Å². The Morgan fingerprint density at radius 1 is 1.32 bits per heavy atom. The number of carbonyl (C=O) groups is 2. The van der Waals surface area contributed by atoms with Gasteiger partial charge in [0.1, 0.15) is 4.90 Å². The normalized spacial score (nSPS) is 24.2. The van der Waals surface area contributed by atoms with E-state index in [0.717, 1.165) is 0 Å². The quantitative estimate of drug-likeness (QED) is 0.778. The van der Waals surface area contributed by atoms with Crippen LogP contribution in [0.15, 0.2) is 4.90 Å². The van der Waals surface area contributed by atoms with E-state index in [0.29, 0.717) is 24.2 Å². The van der Waals surface area contributed by atoms with Crippen LogP contribution in [0.3, 0.4) is 0 Å². The third-order valence-corrected chi connectivity index (χ3v) is 7.78. The van der Waals surface area contributed by atoms with Crippen molar-refractivity contribution in [2.45, 2.75) is 43.5 Å². The molecule has 1 aromatic rings. The molecule has 2 fully saturated rings. The van der Waals surface area contributed by atoms with Gasteiger partial charge in [-0.05, 0) is 26.7 Å². The average Bonchev–Trinajstić information content (AvgIpc) is 3.01. The molecule has 2 N–H and O–H groups in total. The molecule has 1 amide bonds. The van der Waals surface area contributed by atoms with Crippen LogP contribution in [0, 0.1) is 19.8 Å². The van der Waals surface area contributed by atoms with Gasteiger partial charge in [-0.3, -0.25) is 14.7 Å². The minimum absolute atomic E-state index is 0.0292. The Balaban J connectivity index is 1.87. The van der Waals surface area contributed by atoms with Crippen LogP contribution in [-0.4, -0.2) is 70.5 Å². The van der Waals surface area contributed by atoms with Crippen LogP contribution in [0.4, 0.5) is 0 Å². The highest BCUT2D eigenvalue weighted by Gasteiger charge is 2.56. The number of H-pyrrole nitrogens is 1. The fourth-order valence-corrected chi connectivity index (χ4v) is 5.92. The molecule has 138 valence electrons. The van der Waals surface area contributed by atoms with Gasteiger partial charge in [0.2, 0.25) is 15.9 Å². The molecule has 0 aliphatic carbocycles. The van der Waals surface area contributed by atoms with Crippen molar-refractivity contribution in [1.82, 2.24) is 19.4 Å². The third kappa shape index (κ3) is 2.54. The summed E-state index contributed by atoms with van der Waals surface area (Å²) in [5.74, 6) is -2.01. The summed E-state index contributed by atoms with van der Waals surface area (Å²) in [6.45, 7) is 3.63. The van der Waals surface area contributed by atoms with Gasteiger partial charge in [-0.1, -0.05) is 0 Å². The number of nitrogens with one attached hydrogen (secondary N) is 1. The minimum Gasteiger partial charge on any atom is -0.481 e. The van der Waals surface area contributed by atoms with E-state index in [4.69, 9.17) is 0 Å². The molecule has 9 nitrogen and oxygen atoms in total. The highest BCUT2D eigenvalue weighted by atomic mass is 32.2. The molecule has 25 heavy (non-hydrogen) atoms. The maximum absolute atomic E-state index is 12.9. The van der Waals surface area contributed by atoms with Crippen molar-refractivity contribution in [3.63, 3.8) is 0 Å². The van der Waals surface area contributed by atoms with E-state index in [1.165, 1.54) is 9.21 Å². The van der Waals surface area contributed by atoms with Crippen LogP contribution >= 0.6 is 0 Å². The number of aromatic amines is 1. The molecule has 3 rings (SSSR count). The number of carboxylic acid groups (broad SMARTS) is 1. The van der Waals surface area contributed by atoms with E-state index in [-0.39, 0.29) is 30.3 Å². The van der Waals surface area contributed by atoms with Crippen LogP contribution in [0.1, 0.15) is 30.7 Å². The molecule has 0 radical (unpaired) electrons. The summed E-state index contributed by atoms with van der Waals surface area (Å²) in [5.41, 5.74) is 0.0822. The first kappa shape index (κ1) is 17.9. The fraction of sp³-hybridized carbons (Fsp3) is 0.667. The molecular weight excluding hydrogens is 348 g/mol. The summed E-state index contributed by atoms with van der Waals surface area (Å²) in [6.07, 6.45) is 0.585. The number of piperidine rings is 1. The van der Waals surface area contributed by atoms with Gasteiger partial charge in [-0.15, -0.1) is 0 Å². The summed E-state index contributed by atoms with van der Waals surface area (Å²) in [6, 6.07) is 0. The van der Waals surface area contributed by atoms with E-state index in [1.807, 2.05) is 0 Å². The summed E-state index contributed by atoms with van der Waals surface area (Å²) < 4.78 is 27.2. The van der Waals surface area contributed by atoms with Crippen molar-refractivity contribution in [2.24, 2.45) is 5.92 Å². The first-order valence-corrected chi connectivity index (χ1v) is 9.56. The van der Waals surface area contributed by atoms with Gasteiger partial charge >= 0.3 is 5.97 Å². The zero-order valence-electron chi connectivity index (χ0n) is 14.4. The lowest BCUT2D eigenvalue weighted by Crippen LogP contribution is -2.56. The highest BCUT2D eigenvalue weighted by Crippen LogP contribution is 2.43. The molecule has 10 heteroatoms. The lowest BCUT2D eigenvalue weighted by atomic mass is 9.77. The lowest BCUT2D eigenvalue weighted by Gasteiger charge is -2.45. The molecule has 3 heterocycles. The van der Waals surface area contributed by atoms with Gasteiger partial charge < -0.3 is 10.0 Å². The molecule has 1 aromatic heterocycles. The molecule has 1 unspecified atom stereocenters. The van der Waals surface area contributed by atoms with E-state index in [2.05, 4.69) is 10.2 Å². The second-order valence-corrected chi connectivity index (χ2v) is 8.69. The Hall–Kier alpha value is -1.94. The average molecular weight is 370 g/mol. The smallest absolute Gasteiger partial charge is 0.309 e. The van der Waals surface area contributed by atoms with Crippen molar-refractivity contribution in [2.75, 3.05) is 20.1 Å². The molecule has 0 saturated carbocycles. The number of aliphatic carboxylic acids is 1. The number of rotatable bonds is 3. The summed E-state index contributed by atoms with van der Waals surface area (Å²) in [5, 5.41) is 16.1. The molecule has 0 bridgehead atoms. The molecule has 1 atom stereocenters. The van der Waals surface area contributed by atoms with E-state index in [9.17, 15) is 23.1 Å². The number of hydrogen-bond acceptors (Lipinski definition) is 5. The molecule has 0 aromatic carbocycles. The maximum Gasteiger partial charge on any atom is 0.309 e. The van der Waals surface area contributed by atoms with Crippen LogP contribution < -0.4 is 0 Å². The number of carbonyl (C=O) groups excluding carboxylic acids is 1. The summed E-state index contributed by atoms with van der Waals surface area (Å²) >= 11 is 0. The lowest BCUT2D eigenvalue weighted by molar-refractivity contribution is -0.145. The number of amides is 1. The van der Waals surface area contributed by atoms with Gasteiger partial charge in [-0.2, -0.15) is 9.40 Å². The van der Waals surface area contributed by atoms with Crippen molar-refractivity contribution in [3.05, 3.63) is 11.4 Å². The first-order chi connectivity index (χ1) is 11.6. The molecular formula is C15H22N4O5S. The number of aryl methyl sites for hydroxylation is 2. The van der Waals surface area contributed by atoms with Gasteiger partial charge in [0.05, 0.1) is 22.8 Å². The molecule has 2 saturated heterocycles. The number of likely N-dealkylation sites (tertiary alicyclic amines) is 1. The number of nitrogens with zero attached hydrogens (tertiary/aromatic N) is 3. The van der Waals surface area contributed by atoms with Gasteiger partial charge in [0, 0.05) is 26.6 Å². The van der Waals surface area contributed by atoms with Crippen molar-refractivity contribution >= 4 is 21.9 Å². The van der Waals surface area contributed by atoms with E-state index >= 15 is 0 Å². The predicted molar refractivity (Wildman–Crippen MR) is 87.3 cm³/mol. The van der Waals surface area contributed by atoms with Crippen LogP contribution in [0.25, 0.3) is 0 Å². The van der Waals surface area contributed by atoms with E-state index in [1.54, 1.807) is 20.9 Å². The van der Waals surface area contributed by atoms with Crippen LogP contribution in [-0.2, 0) is 19.6 Å². The molecule has 1 spiro atoms. The largest absolute Gasteiger partial charge is 0.481 e. The zero-order chi connectivity index (χ0) is 18.6. The van der Waals surface area contributed by atoms with Gasteiger partial charge in [-0.25, -0.2) is 8.42 Å². The second kappa shape index (κ2) is 5.80. The van der Waals surface area contributed by atoms with Crippen molar-refractivity contribution in [3.8, 4) is 0 Å². The Morgan fingerprint density at radius 3 is 2.40 bits per heavy atom. The Kier molecular flexibility index (Phi) is 4.15. The highest BCUT2D eigenvalue weighted by molar-refractivity contribution is 7.89. The first-order valence-electron chi connectivity index (χ1n) is 8.12. The summed E-state index contributed by atoms with van der Waals surface area (Å²) in [7, 11) is -2.10. The van der Waals surface area contributed by atoms with Gasteiger partial charge in [0.15, 0.2) is 0 Å². The standard InChI is InChI=1S/C15H22N4O5S/c1-9-13(10(2)17-16-9)25(23,24)19-6-4-15(5-7-19)11(14(21)22)8-12(20)18(15)3/h11H,4-8H2,1-3H3,(H,16,17)(H,21,22). The topological polar surface area (TPSA) is 124 Å². The molecule has 2 aliphatic rings. The van der Waals surface area contributed by atoms with Crippen molar-refractivity contribution in [1.29, 1.82) is 0 Å². The molecule has 2 aliphatic heterocycles. The van der Waals surface area contributed by atoms with Crippen LogP contribution in [0.5, 0.6) is 0 Å². The SMILES string of the molecule is Cc1n[nH]c(C)c1S(=O)(=O)N1CCC2(CC1)C(C(=O)O)CC(=O)N2C. The number of hydrogen-bond donors (Lipinski definition) is 2. The minimum atomic E-state index is -3.71. The predicted octanol–water partition coefficient (Wildman–Crippen LogP) is 0.113. The third-order valence-electron chi connectivity index (χ3n) is 5.61. The Labute approximate surface area is 146 Å². The second-order valence-electron chi connectivity index (χ2n) is 6.82. The van der Waals surface area contributed by atoms with Crippen molar-refractivity contribution < 1.29 is 23.1 Å². The number of carboxylic acids is 1.